The lowest BCUT2D eigenvalue weighted by atomic mass is 9.90. The van der Waals surface area contributed by atoms with E-state index in [-0.39, 0.29) is 4.83 Å². The fourth-order valence-corrected chi connectivity index (χ4v) is 2.84. The highest BCUT2D eigenvalue weighted by atomic mass is 79.9. The molecule has 2 atom stereocenters. The topological polar surface area (TPSA) is 29.5 Å². The van der Waals surface area contributed by atoms with Crippen molar-refractivity contribution in [3.63, 3.8) is 0 Å². The summed E-state index contributed by atoms with van der Waals surface area (Å²) in [6.07, 6.45) is -0.548. The Balaban J connectivity index is 2.29. The summed E-state index contributed by atoms with van der Waals surface area (Å²) in [4.78, 5) is -0.112. The van der Waals surface area contributed by atoms with Crippen molar-refractivity contribution in [1.29, 1.82) is 0 Å². The van der Waals surface area contributed by atoms with Gasteiger partial charge >= 0.3 is 0 Å². The summed E-state index contributed by atoms with van der Waals surface area (Å²) >= 11 is 3.53. The molecule has 1 aliphatic heterocycles. The fraction of sp³-hybridized carbons (Fsp3) is 0.333. The number of hydrogen-bond donors (Lipinski definition) is 1. The number of aliphatic hydroxyl groups excluding tert-OH is 1. The van der Waals surface area contributed by atoms with E-state index < -0.39 is 11.7 Å². The van der Waals surface area contributed by atoms with Crippen LogP contribution in [0.2, 0.25) is 0 Å². The SMILES string of the molecule is CC1(C)Oc2c(ccc3ccccc23)C(O)C1Br. The van der Waals surface area contributed by atoms with Crippen molar-refractivity contribution >= 4 is 26.7 Å². The lowest BCUT2D eigenvalue weighted by Crippen LogP contribution is -2.45. The van der Waals surface area contributed by atoms with Gasteiger partial charge in [-0.25, -0.2) is 0 Å². The molecule has 0 saturated heterocycles. The van der Waals surface area contributed by atoms with Gasteiger partial charge in [-0.1, -0.05) is 52.3 Å². The van der Waals surface area contributed by atoms with Crippen LogP contribution in [-0.2, 0) is 0 Å². The van der Waals surface area contributed by atoms with E-state index in [1.54, 1.807) is 0 Å². The Hall–Kier alpha value is -1.06. The van der Waals surface area contributed by atoms with Gasteiger partial charge in [0.15, 0.2) is 0 Å². The van der Waals surface area contributed by atoms with Crippen LogP contribution in [0.15, 0.2) is 36.4 Å². The Morgan fingerprint density at radius 1 is 1.17 bits per heavy atom. The summed E-state index contributed by atoms with van der Waals surface area (Å²) in [5.74, 6) is 0.807. The largest absolute Gasteiger partial charge is 0.486 e. The second-order valence-corrected chi connectivity index (χ2v) is 6.24. The average molecular weight is 307 g/mol. The first-order valence-corrected chi connectivity index (χ1v) is 6.95. The summed E-state index contributed by atoms with van der Waals surface area (Å²) in [5.41, 5.74) is 0.422. The van der Waals surface area contributed by atoms with E-state index in [1.807, 2.05) is 44.2 Å². The number of alkyl halides is 1. The highest BCUT2D eigenvalue weighted by Crippen LogP contribution is 2.46. The molecule has 94 valence electrons. The standard InChI is InChI=1S/C15H15BrO2/c1-15(2)14(16)12(17)11-8-7-9-5-3-4-6-10(9)13(11)18-15/h3-8,12,14,17H,1-2H3. The first kappa shape index (κ1) is 12.0. The predicted molar refractivity (Wildman–Crippen MR) is 76.3 cm³/mol. The summed E-state index contributed by atoms with van der Waals surface area (Å²) in [6, 6.07) is 12.1. The van der Waals surface area contributed by atoms with Crippen LogP contribution >= 0.6 is 15.9 Å². The molecule has 18 heavy (non-hydrogen) atoms. The first-order chi connectivity index (χ1) is 8.50. The molecule has 0 spiro atoms. The Morgan fingerprint density at radius 3 is 2.67 bits per heavy atom. The normalized spacial score (nSPS) is 25.6. The lowest BCUT2D eigenvalue weighted by molar-refractivity contribution is 0.0241. The number of aliphatic hydroxyl groups is 1. The molecule has 0 amide bonds. The molecule has 2 nitrogen and oxygen atoms in total. The maximum absolute atomic E-state index is 10.4. The van der Waals surface area contributed by atoms with Gasteiger partial charge < -0.3 is 9.84 Å². The van der Waals surface area contributed by atoms with E-state index in [9.17, 15) is 5.11 Å². The molecule has 0 fully saturated rings. The van der Waals surface area contributed by atoms with Crippen LogP contribution in [0.5, 0.6) is 5.75 Å². The smallest absolute Gasteiger partial charge is 0.133 e. The van der Waals surface area contributed by atoms with E-state index in [0.29, 0.717) is 0 Å². The van der Waals surface area contributed by atoms with Gasteiger partial charge in [0.2, 0.25) is 0 Å². The Labute approximate surface area is 115 Å². The average Bonchev–Trinajstić information content (AvgIpc) is 2.36. The predicted octanol–water partition coefficient (Wildman–Crippen LogP) is 3.81. The monoisotopic (exact) mass is 306 g/mol. The van der Waals surface area contributed by atoms with Gasteiger partial charge in [0, 0.05) is 10.9 Å². The van der Waals surface area contributed by atoms with Crippen LogP contribution < -0.4 is 4.74 Å². The minimum absolute atomic E-state index is 0.112. The molecule has 0 radical (unpaired) electrons. The molecule has 2 aromatic carbocycles. The molecule has 0 aliphatic carbocycles. The number of rotatable bonds is 0. The third kappa shape index (κ3) is 1.65. The number of halogens is 1. The molecule has 1 N–H and O–H groups in total. The van der Waals surface area contributed by atoms with E-state index in [4.69, 9.17) is 4.74 Å². The second-order valence-electron chi connectivity index (χ2n) is 5.26. The van der Waals surface area contributed by atoms with Gasteiger partial charge in [-0.15, -0.1) is 0 Å². The van der Waals surface area contributed by atoms with Gasteiger partial charge in [0.25, 0.3) is 0 Å². The van der Waals surface area contributed by atoms with Crippen LogP contribution in [0.25, 0.3) is 10.8 Å². The zero-order valence-corrected chi connectivity index (χ0v) is 11.9. The van der Waals surface area contributed by atoms with Crippen molar-refractivity contribution in [3.05, 3.63) is 42.0 Å². The van der Waals surface area contributed by atoms with Gasteiger partial charge in [0.1, 0.15) is 11.4 Å². The molecular formula is C15H15BrO2. The number of ether oxygens (including phenoxy) is 1. The summed E-state index contributed by atoms with van der Waals surface area (Å²) in [6.45, 7) is 3.97. The molecule has 0 bridgehead atoms. The molecule has 1 aliphatic rings. The zero-order valence-electron chi connectivity index (χ0n) is 10.4. The van der Waals surface area contributed by atoms with Crippen molar-refractivity contribution in [2.75, 3.05) is 0 Å². The van der Waals surface area contributed by atoms with E-state index in [2.05, 4.69) is 22.0 Å². The molecule has 2 aromatic rings. The second kappa shape index (κ2) is 3.97. The summed E-state index contributed by atoms with van der Waals surface area (Å²) < 4.78 is 6.11. The molecule has 0 aromatic heterocycles. The Kier molecular flexibility index (Phi) is 2.65. The Morgan fingerprint density at radius 2 is 1.89 bits per heavy atom. The zero-order chi connectivity index (χ0) is 12.9. The van der Waals surface area contributed by atoms with Gasteiger partial charge in [0.05, 0.1) is 10.9 Å². The van der Waals surface area contributed by atoms with Crippen molar-refractivity contribution in [2.45, 2.75) is 30.4 Å². The van der Waals surface area contributed by atoms with E-state index in [1.165, 1.54) is 0 Å². The first-order valence-electron chi connectivity index (χ1n) is 6.03. The van der Waals surface area contributed by atoms with Crippen LogP contribution in [0.4, 0.5) is 0 Å². The van der Waals surface area contributed by atoms with E-state index in [0.717, 1.165) is 22.1 Å². The highest BCUT2D eigenvalue weighted by molar-refractivity contribution is 9.09. The molecule has 1 heterocycles. The van der Waals surface area contributed by atoms with Crippen molar-refractivity contribution < 1.29 is 9.84 Å². The number of fused-ring (bicyclic) bond motifs is 3. The Bertz CT molecular complexity index is 606. The van der Waals surface area contributed by atoms with Crippen molar-refractivity contribution in [3.8, 4) is 5.75 Å². The van der Waals surface area contributed by atoms with Crippen LogP contribution in [-0.4, -0.2) is 15.5 Å². The van der Waals surface area contributed by atoms with Crippen LogP contribution in [0.1, 0.15) is 25.5 Å². The lowest BCUT2D eigenvalue weighted by Gasteiger charge is -2.40. The van der Waals surface area contributed by atoms with Crippen LogP contribution in [0.3, 0.4) is 0 Å². The van der Waals surface area contributed by atoms with E-state index >= 15 is 0 Å². The quantitative estimate of drug-likeness (QED) is 0.750. The van der Waals surface area contributed by atoms with Crippen molar-refractivity contribution in [2.24, 2.45) is 0 Å². The third-order valence-corrected chi connectivity index (χ3v) is 5.14. The third-order valence-electron chi connectivity index (χ3n) is 3.54. The summed E-state index contributed by atoms with van der Waals surface area (Å²) in [7, 11) is 0. The summed E-state index contributed by atoms with van der Waals surface area (Å²) in [5, 5.41) is 12.6. The number of benzene rings is 2. The van der Waals surface area contributed by atoms with Gasteiger partial charge in [-0.3, -0.25) is 0 Å². The maximum atomic E-state index is 10.4. The molecule has 3 rings (SSSR count). The van der Waals surface area contributed by atoms with Gasteiger partial charge in [-0.2, -0.15) is 0 Å². The minimum atomic E-state index is -0.548. The molecule has 0 saturated carbocycles. The molecular weight excluding hydrogens is 292 g/mol. The minimum Gasteiger partial charge on any atom is -0.486 e. The molecule has 2 unspecified atom stereocenters. The van der Waals surface area contributed by atoms with Gasteiger partial charge in [-0.05, 0) is 19.2 Å². The molecule has 3 heteroatoms. The fourth-order valence-electron chi connectivity index (χ4n) is 2.46. The van der Waals surface area contributed by atoms with Crippen molar-refractivity contribution in [1.82, 2.24) is 0 Å². The van der Waals surface area contributed by atoms with Crippen LogP contribution in [0, 0.1) is 0 Å². The maximum Gasteiger partial charge on any atom is 0.133 e. The number of hydrogen-bond acceptors (Lipinski definition) is 2. The highest BCUT2D eigenvalue weighted by Gasteiger charge is 2.42.